The number of carbonyl (C=O) groups excluding carboxylic acids is 1. The SMILES string of the molecule is CCN(C1CCCC1)C1CCC(N)(C(=O)OC)C1. The Kier molecular flexibility index (Phi) is 4.28. The molecule has 4 nitrogen and oxygen atoms in total. The fourth-order valence-corrected chi connectivity index (χ4v) is 3.77. The lowest BCUT2D eigenvalue weighted by atomic mass is 9.98. The molecule has 4 heteroatoms. The largest absolute Gasteiger partial charge is 0.468 e. The molecule has 0 aliphatic heterocycles. The summed E-state index contributed by atoms with van der Waals surface area (Å²) in [6.07, 6.45) is 7.84. The van der Waals surface area contributed by atoms with Crippen molar-refractivity contribution in [2.24, 2.45) is 5.73 Å². The second-order valence-electron chi connectivity index (χ2n) is 5.81. The van der Waals surface area contributed by atoms with Gasteiger partial charge in [-0.15, -0.1) is 0 Å². The molecule has 0 radical (unpaired) electrons. The zero-order chi connectivity index (χ0) is 13.2. The van der Waals surface area contributed by atoms with Crippen molar-refractivity contribution in [3.05, 3.63) is 0 Å². The van der Waals surface area contributed by atoms with Crippen LogP contribution in [0, 0.1) is 0 Å². The first kappa shape index (κ1) is 13.8. The third-order valence-corrected chi connectivity index (χ3v) is 4.74. The molecule has 104 valence electrons. The van der Waals surface area contributed by atoms with Crippen molar-refractivity contribution < 1.29 is 9.53 Å². The fraction of sp³-hybridized carbons (Fsp3) is 0.929. The van der Waals surface area contributed by atoms with E-state index in [4.69, 9.17) is 10.5 Å². The van der Waals surface area contributed by atoms with Crippen molar-refractivity contribution in [3.63, 3.8) is 0 Å². The van der Waals surface area contributed by atoms with Crippen LogP contribution in [0.4, 0.5) is 0 Å². The maximum absolute atomic E-state index is 11.7. The van der Waals surface area contributed by atoms with Gasteiger partial charge in [-0.2, -0.15) is 0 Å². The predicted octanol–water partition coefficient (Wildman–Crippen LogP) is 1.67. The summed E-state index contributed by atoms with van der Waals surface area (Å²) >= 11 is 0. The van der Waals surface area contributed by atoms with E-state index >= 15 is 0 Å². The van der Waals surface area contributed by atoms with Crippen molar-refractivity contribution in [1.82, 2.24) is 4.90 Å². The Hall–Kier alpha value is -0.610. The molecule has 2 rings (SSSR count). The van der Waals surface area contributed by atoms with Crippen LogP contribution in [0.25, 0.3) is 0 Å². The summed E-state index contributed by atoms with van der Waals surface area (Å²) in [4.78, 5) is 14.3. The predicted molar refractivity (Wildman–Crippen MR) is 71.2 cm³/mol. The molecule has 2 atom stereocenters. The normalized spacial score (nSPS) is 33.2. The van der Waals surface area contributed by atoms with Gasteiger partial charge in [0, 0.05) is 12.1 Å². The van der Waals surface area contributed by atoms with Gasteiger partial charge in [0.1, 0.15) is 5.54 Å². The molecule has 2 aliphatic carbocycles. The highest BCUT2D eigenvalue weighted by molar-refractivity contribution is 5.81. The number of carbonyl (C=O) groups is 1. The molecule has 0 amide bonds. The van der Waals surface area contributed by atoms with Gasteiger partial charge in [-0.05, 0) is 38.6 Å². The van der Waals surface area contributed by atoms with Crippen molar-refractivity contribution in [2.75, 3.05) is 13.7 Å². The summed E-state index contributed by atoms with van der Waals surface area (Å²) in [5.41, 5.74) is 5.45. The Labute approximate surface area is 110 Å². The highest BCUT2D eigenvalue weighted by Gasteiger charge is 2.45. The lowest BCUT2D eigenvalue weighted by Crippen LogP contribution is -2.49. The Morgan fingerprint density at radius 2 is 2.00 bits per heavy atom. The number of hydrogen-bond acceptors (Lipinski definition) is 4. The van der Waals surface area contributed by atoms with Gasteiger partial charge in [0.25, 0.3) is 0 Å². The second-order valence-corrected chi connectivity index (χ2v) is 5.81. The maximum atomic E-state index is 11.7. The van der Waals surface area contributed by atoms with Crippen molar-refractivity contribution in [2.45, 2.75) is 69.5 Å². The molecule has 2 fully saturated rings. The van der Waals surface area contributed by atoms with E-state index in [1.807, 2.05) is 0 Å². The molecule has 2 saturated carbocycles. The Bertz CT molecular complexity index is 302. The Morgan fingerprint density at radius 3 is 2.56 bits per heavy atom. The molecule has 2 unspecified atom stereocenters. The minimum absolute atomic E-state index is 0.243. The van der Waals surface area contributed by atoms with Gasteiger partial charge >= 0.3 is 5.97 Å². The zero-order valence-electron chi connectivity index (χ0n) is 11.7. The molecular formula is C14H26N2O2. The summed E-state index contributed by atoms with van der Waals surface area (Å²) in [5, 5.41) is 0. The molecule has 0 aromatic heterocycles. The lowest BCUT2D eigenvalue weighted by Gasteiger charge is -2.34. The molecule has 0 bridgehead atoms. The van der Waals surface area contributed by atoms with E-state index in [-0.39, 0.29) is 5.97 Å². The third-order valence-electron chi connectivity index (χ3n) is 4.74. The van der Waals surface area contributed by atoms with E-state index in [1.54, 1.807) is 0 Å². The molecule has 2 aliphatic rings. The highest BCUT2D eigenvalue weighted by Crippen LogP contribution is 2.35. The summed E-state index contributed by atoms with van der Waals surface area (Å²) < 4.78 is 4.84. The van der Waals surface area contributed by atoms with Gasteiger partial charge in [-0.25, -0.2) is 0 Å². The fourth-order valence-electron chi connectivity index (χ4n) is 3.77. The first-order valence-corrected chi connectivity index (χ1v) is 7.24. The molecule has 0 spiro atoms. The third kappa shape index (κ3) is 2.54. The van der Waals surface area contributed by atoms with E-state index in [2.05, 4.69) is 11.8 Å². The van der Waals surface area contributed by atoms with Crippen LogP contribution in [0.3, 0.4) is 0 Å². The van der Waals surface area contributed by atoms with E-state index in [9.17, 15) is 4.79 Å². The van der Waals surface area contributed by atoms with Gasteiger partial charge in [-0.3, -0.25) is 9.69 Å². The van der Waals surface area contributed by atoms with Gasteiger partial charge < -0.3 is 10.5 Å². The summed E-state index contributed by atoms with van der Waals surface area (Å²) in [6.45, 7) is 3.28. The highest BCUT2D eigenvalue weighted by atomic mass is 16.5. The van der Waals surface area contributed by atoms with Crippen LogP contribution < -0.4 is 5.73 Å². The number of nitrogens with two attached hydrogens (primary N) is 1. The Balaban J connectivity index is 1.99. The summed E-state index contributed by atoms with van der Waals surface area (Å²) in [5.74, 6) is -0.243. The van der Waals surface area contributed by atoms with Gasteiger partial charge in [0.15, 0.2) is 0 Å². The van der Waals surface area contributed by atoms with Crippen LogP contribution in [0.1, 0.15) is 51.9 Å². The second kappa shape index (κ2) is 5.57. The minimum atomic E-state index is -0.745. The number of methoxy groups -OCH3 is 1. The van der Waals surface area contributed by atoms with Crippen LogP contribution in [0.2, 0.25) is 0 Å². The average Bonchev–Trinajstić information content (AvgIpc) is 3.01. The van der Waals surface area contributed by atoms with E-state index in [1.165, 1.54) is 32.8 Å². The maximum Gasteiger partial charge on any atom is 0.325 e. The summed E-state index contributed by atoms with van der Waals surface area (Å²) in [6, 6.07) is 1.17. The molecule has 0 aromatic carbocycles. The number of ether oxygens (including phenoxy) is 1. The number of rotatable bonds is 4. The average molecular weight is 254 g/mol. The minimum Gasteiger partial charge on any atom is -0.468 e. The molecular weight excluding hydrogens is 228 g/mol. The van der Waals surface area contributed by atoms with E-state index in [0.717, 1.165) is 25.8 Å². The quantitative estimate of drug-likeness (QED) is 0.775. The van der Waals surface area contributed by atoms with E-state index < -0.39 is 5.54 Å². The van der Waals surface area contributed by atoms with Gasteiger partial charge in [0.05, 0.1) is 7.11 Å². The number of hydrogen-bond donors (Lipinski definition) is 1. The zero-order valence-corrected chi connectivity index (χ0v) is 11.7. The topological polar surface area (TPSA) is 55.6 Å². The van der Waals surface area contributed by atoms with Crippen LogP contribution in [0.5, 0.6) is 0 Å². The summed E-state index contributed by atoms with van der Waals surface area (Å²) in [7, 11) is 1.43. The Morgan fingerprint density at radius 1 is 1.33 bits per heavy atom. The van der Waals surface area contributed by atoms with Crippen molar-refractivity contribution in [1.29, 1.82) is 0 Å². The van der Waals surface area contributed by atoms with Crippen molar-refractivity contribution in [3.8, 4) is 0 Å². The van der Waals surface area contributed by atoms with Crippen LogP contribution in [0.15, 0.2) is 0 Å². The molecule has 2 N–H and O–H groups in total. The number of esters is 1. The lowest BCUT2D eigenvalue weighted by molar-refractivity contribution is -0.147. The van der Waals surface area contributed by atoms with Crippen LogP contribution in [-0.2, 0) is 9.53 Å². The molecule has 0 aromatic rings. The smallest absolute Gasteiger partial charge is 0.325 e. The molecule has 0 saturated heterocycles. The van der Waals surface area contributed by atoms with Gasteiger partial charge in [-0.1, -0.05) is 19.8 Å². The van der Waals surface area contributed by atoms with E-state index in [0.29, 0.717) is 12.1 Å². The van der Waals surface area contributed by atoms with Gasteiger partial charge in [0.2, 0.25) is 0 Å². The van der Waals surface area contributed by atoms with Crippen LogP contribution in [-0.4, -0.2) is 42.1 Å². The molecule has 18 heavy (non-hydrogen) atoms. The standard InChI is InChI=1S/C14H26N2O2/c1-3-16(11-6-4-5-7-11)12-8-9-14(15,10-12)13(17)18-2/h11-12H,3-10,15H2,1-2H3. The number of nitrogens with zero attached hydrogens (tertiary/aromatic N) is 1. The van der Waals surface area contributed by atoms with Crippen molar-refractivity contribution >= 4 is 5.97 Å². The first-order valence-electron chi connectivity index (χ1n) is 7.24. The molecule has 0 heterocycles. The first-order chi connectivity index (χ1) is 8.60. The van der Waals surface area contributed by atoms with Crippen LogP contribution >= 0.6 is 0 Å². The monoisotopic (exact) mass is 254 g/mol.